The lowest BCUT2D eigenvalue weighted by atomic mass is 9.93. The van der Waals surface area contributed by atoms with Gasteiger partial charge < -0.3 is 30.2 Å². The average molecular weight is 971 g/mol. The molecule has 2 aromatic heterocycles. The van der Waals surface area contributed by atoms with Crippen LogP contribution in [0.2, 0.25) is 0 Å². The highest BCUT2D eigenvalue weighted by molar-refractivity contribution is 7.14. The third-order valence-electron chi connectivity index (χ3n) is 13.3. The maximum absolute atomic E-state index is 13.7. The molecule has 1 aromatic carbocycles. The zero-order valence-corrected chi connectivity index (χ0v) is 41.5. The Labute approximate surface area is 409 Å². The van der Waals surface area contributed by atoms with Gasteiger partial charge in [-0.25, -0.2) is 9.78 Å². The van der Waals surface area contributed by atoms with E-state index in [1.54, 1.807) is 23.1 Å². The van der Waals surface area contributed by atoms with E-state index in [2.05, 4.69) is 42.0 Å². The molecule has 2 fully saturated rings. The fourth-order valence-electron chi connectivity index (χ4n) is 9.28. The van der Waals surface area contributed by atoms with E-state index < -0.39 is 35.6 Å². The fourth-order valence-corrected chi connectivity index (χ4v) is 10.1. The second kappa shape index (κ2) is 25.1. The number of thiazole rings is 1. The third-order valence-corrected chi connectivity index (χ3v) is 14.1. The molecule has 0 radical (unpaired) electrons. The van der Waals surface area contributed by atoms with Crippen LogP contribution in [-0.2, 0) is 29.5 Å². The number of methoxy groups -OCH3 is 1. The molecule has 7 amide bonds. The molecule has 3 aromatic rings. The van der Waals surface area contributed by atoms with Gasteiger partial charge in [0.05, 0.1) is 23.9 Å². The minimum absolute atomic E-state index is 0.00625. The number of carbonyl (C=O) groups is 8. The monoisotopic (exact) mass is 970 g/mol. The summed E-state index contributed by atoms with van der Waals surface area (Å²) >= 11 is 1.36. The van der Waals surface area contributed by atoms with E-state index in [0.717, 1.165) is 74.8 Å². The van der Waals surface area contributed by atoms with E-state index in [-0.39, 0.29) is 65.5 Å². The smallest absolute Gasteiger partial charge is 0.409 e. The van der Waals surface area contributed by atoms with Crippen molar-refractivity contribution in [3.63, 3.8) is 0 Å². The molecule has 3 atom stereocenters. The summed E-state index contributed by atoms with van der Waals surface area (Å²) in [5.41, 5.74) is 2.41. The number of nitrogens with zero attached hydrogens (tertiary/aromatic N) is 4. The number of ketones is 1. The van der Waals surface area contributed by atoms with Gasteiger partial charge in [0.25, 0.3) is 11.8 Å². The van der Waals surface area contributed by atoms with Crippen molar-refractivity contribution in [2.24, 2.45) is 5.92 Å². The number of fused-ring (bicyclic) bond motifs is 1. The van der Waals surface area contributed by atoms with Crippen molar-refractivity contribution in [3.8, 4) is 0 Å². The Morgan fingerprint density at radius 2 is 1.62 bits per heavy atom. The van der Waals surface area contributed by atoms with Gasteiger partial charge in [0.1, 0.15) is 6.04 Å². The highest BCUT2D eigenvalue weighted by Gasteiger charge is 2.45. The second-order valence-electron chi connectivity index (χ2n) is 19.5. The summed E-state index contributed by atoms with van der Waals surface area (Å²) in [7, 11) is 1.38. The van der Waals surface area contributed by atoms with Crippen LogP contribution in [0.15, 0.2) is 42.0 Å². The summed E-state index contributed by atoms with van der Waals surface area (Å²) < 4.78 is 6.93. The third kappa shape index (κ3) is 14.6. The van der Waals surface area contributed by atoms with Crippen molar-refractivity contribution in [1.29, 1.82) is 0 Å². The van der Waals surface area contributed by atoms with Gasteiger partial charge in [0.2, 0.25) is 23.6 Å². The molecule has 6 rings (SSSR count). The van der Waals surface area contributed by atoms with E-state index in [1.807, 2.05) is 28.4 Å². The molecule has 18 heteroatoms. The first-order valence-corrected chi connectivity index (χ1v) is 25.7. The number of hydrogen-bond acceptors (Lipinski definition) is 12. The highest BCUT2D eigenvalue weighted by Crippen LogP contribution is 2.33. The Bertz CT molecular complexity index is 2320. The molecular weight excluding hydrogens is 901 g/mol. The Kier molecular flexibility index (Phi) is 19.1. The number of carbonyl (C=O) groups excluding carboxylic acids is 8. The van der Waals surface area contributed by atoms with E-state index in [0.29, 0.717) is 74.7 Å². The number of nitrogens with one attached hydrogen (secondary N) is 4. The normalized spacial score (nSPS) is 17.6. The molecule has 0 saturated carbocycles. The lowest BCUT2D eigenvalue weighted by Gasteiger charge is -2.30. The topological polar surface area (TPSA) is 218 Å². The minimum Gasteiger partial charge on any atom is -0.453 e. The zero-order chi connectivity index (χ0) is 49.5. The number of anilines is 2. The first-order valence-electron chi connectivity index (χ1n) is 24.8. The lowest BCUT2D eigenvalue weighted by Crippen LogP contribution is -2.54. The number of aromatic nitrogens is 2. The van der Waals surface area contributed by atoms with Gasteiger partial charge in [0.15, 0.2) is 10.9 Å². The Morgan fingerprint density at radius 1 is 0.884 bits per heavy atom. The van der Waals surface area contributed by atoms with Crippen LogP contribution in [0.1, 0.15) is 179 Å². The van der Waals surface area contributed by atoms with Crippen molar-refractivity contribution in [1.82, 2.24) is 30.0 Å². The minimum atomic E-state index is -0.997. The molecule has 69 heavy (non-hydrogen) atoms. The number of hydrogen-bond donors (Lipinski definition) is 4. The molecule has 0 aliphatic carbocycles. The van der Waals surface area contributed by atoms with E-state index in [9.17, 15) is 38.4 Å². The number of likely N-dealkylation sites (tertiary alicyclic amines) is 1. The first kappa shape index (κ1) is 52.5. The van der Waals surface area contributed by atoms with E-state index >= 15 is 0 Å². The number of Topliss-reactive ketones (excluding diaryl/α,β-unsaturated/α-hetero) is 1. The van der Waals surface area contributed by atoms with Crippen LogP contribution in [-0.4, -0.2) is 106 Å². The predicted octanol–water partition coefficient (Wildman–Crippen LogP) is 8.17. The van der Waals surface area contributed by atoms with Crippen molar-refractivity contribution >= 4 is 69.5 Å². The maximum atomic E-state index is 13.7. The summed E-state index contributed by atoms with van der Waals surface area (Å²) in [5.74, 6) is -2.59. The molecule has 3 aliphatic heterocycles. The van der Waals surface area contributed by atoms with Gasteiger partial charge >= 0.3 is 6.09 Å². The van der Waals surface area contributed by atoms with Gasteiger partial charge in [-0.2, -0.15) is 0 Å². The summed E-state index contributed by atoms with van der Waals surface area (Å²) in [5, 5.41) is 14.0. The molecule has 5 heterocycles. The largest absolute Gasteiger partial charge is 0.453 e. The molecule has 2 saturated heterocycles. The number of ether oxygens (including phenoxy) is 1. The fraction of sp³-hybridized carbons (Fsp3) is 0.588. The van der Waals surface area contributed by atoms with Crippen molar-refractivity contribution in [3.05, 3.63) is 64.4 Å². The quantitative estimate of drug-likeness (QED) is 0.0361. The summed E-state index contributed by atoms with van der Waals surface area (Å²) in [6.07, 6.45) is 16.4. The van der Waals surface area contributed by atoms with E-state index in [4.69, 9.17) is 9.72 Å². The number of amides is 7. The number of benzene rings is 1. The average Bonchev–Trinajstić information content (AvgIpc) is 4.08. The van der Waals surface area contributed by atoms with Crippen LogP contribution < -0.4 is 21.3 Å². The van der Waals surface area contributed by atoms with Crippen molar-refractivity contribution in [2.45, 2.75) is 154 Å². The summed E-state index contributed by atoms with van der Waals surface area (Å²) in [6, 6.07) is 5.91. The van der Waals surface area contributed by atoms with Crippen LogP contribution in [0, 0.1) is 5.92 Å². The molecule has 17 nitrogen and oxygen atoms in total. The predicted molar refractivity (Wildman–Crippen MR) is 263 cm³/mol. The SMILES string of the molecule is COC(=O)N1CCCC(c2csc(NC(=O)[C@H](CCCCNC(=O)CCCCCCCCCCNc3cccc4c3C(=O)N(C3CCC(=O)NC3=O)C4=O)CCC(=O)c3ccn(C(C)(C)C)c3)n2)C1. The van der Waals surface area contributed by atoms with Gasteiger partial charge in [0, 0.05) is 91.8 Å². The van der Waals surface area contributed by atoms with Gasteiger partial charge in [-0.15, -0.1) is 11.3 Å². The number of rotatable bonds is 25. The molecule has 0 spiro atoms. The van der Waals surface area contributed by atoms with Crippen molar-refractivity contribution < 1.29 is 43.1 Å². The number of imide groups is 2. The molecule has 4 N–H and O–H groups in total. The Morgan fingerprint density at radius 3 is 2.35 bits per heavy atom. The van der Waals surface area contributed by atoms with Crippen LogP contribution in [0.4, 0.5) is 15.6 Å². The lowest BCUT2D eigenvalue weighted by molar-refractivity contribution is -0.136. The zero-order valence-electron chi connectivity index (χ0n) is 40.7. The molecule has 0 bridgehead atoms. The first-order chi connectivity index (χ1) is 33.1. The molecule has 3 aliphatic rings. The standard InChI is InChI=1S/C51H70N8O9S/c1-51(2,3)58-30-26-36(32-58)41(60)24-22-34(45(63)56-49-54-39(33-69-49)35-18-16-29-57(31-35)50(67)68-4)17-12-14-28-53-42(61)21-11-9-7-5-6-8-10-13-27-52-38-20-15-19-37-44(38)48(66)59(47(37)65)40-23-25-43(62)55-46(40)64/h15,19-20,26,30,32-35,40,52H,5-14,16-18,21-25,27-29,31H2,1-4H3,(H,53,61)(H,54,56,63)(H,55,62,64)/t34-,35?,40?/m1/s1. The van der Waals surface area contributed by atoms with E-state index in [1.165, 1.54) is 18.4 Å². The molecule has 2 unspecified atom stereocenters. The van der Waals surface area contributed by atoms with Gasteiger partial charge in [-0.1, -0.05) is 51.0 Å². The molecule has 374 valence electrons. The maximum Gasteiger partial charge on any atom is 0.409 e. The summed E-state index contributed by atoms with van der Waals surface area (Å²) in [6.45, 7) is 8.53. The van der Waals surface area contributed by atoms with Crippen LogP contribution in [0.5, 0.6) is 0 Å². The molecular formula is C51H70N8O9S. The van der Waals surface area contributed by atoms with Crippen molar-refractivity contribution in [2.75, 3.05) is 43.9 Å². The Balaban J connectivity index is 0.843. The highest BCUT2D eigenvalue weighted by atomic mass is 32.1. The summed E-state index contributed by atoms with van der Waals surface area (Å²) in [4.78, 5) is 110. The van der Waals surface area contributed by atoms with Crippen LogP contribution >= 0.6 is 11.3 Å². The van der Waals surface area contributed by atoms with Crippen LogP contribution in [0.3, 0.4) is 0 Å². The van der Waals surface area contributed by atoms with Gasteiger partial charge in [-0.05, 0) is 90.3 Å². The number of unbranched alkanes of at least 4 members (excludes halogenated alkanes) is 8. The van der Waals surface area contributed by atoms with Gasteiger partial charge in [-0.3, -0.25) is 43.8 Å². The number of piperidine rings is 2. The van der Waals surface area contributed by atoms with Crippen LogP contribution in [0.25, 0.3) is 0 Å². The Hall–Kier alpha value is -5.91. The second-order valence-corrected chi connectivity index (χ2v) is 20.3.